The maximum Gasteiger partial charge on any atom is 2.00 e. The number of hydrogen-bond acceptors (Lipinski definition) is 3. The second-order valence-electron chi connectivity index (χ2n) is 9.18. The third-order valence-corrected chi connectivity index (χ3v) is 6.58. The number of epoxide rings is 1. The first-order valence-corrected chi connectivity index (χ1v) is 11.9. The second-order valence-corrected chi connectivity index (χ2v) is 9.18. The molecule has 2 aromatic rings. The van der Waals surface area contributed by atoms with Gasteiger partial charge in [-0.1, -0.05) is 74.2 Å². The Morgan fingerprint density at radius 2 is 1.56 bits per heavy atom. The second kappa shape index (κ2) is 12.6. The van der Waals surface area contributed by atoms with E-state index in [9.17, 15) is 0 Å². The molecule has 3 fully saturated rings. The summed E-state index contributed by atoms with van der Waals surface area (Å²) in [6.45, 7) is 6.19. The number of anilines is 1. The van der Waals surface area contributed by atoms with Crippen molar-refractivity contribution in [1.82, 2.24) is 0 Å². The number of benzene rings is 2. The van der Waals surface area contributed by atoms with Crippen LogP contribution in [0.15, 0.2) is 65.8 Å². The zero-order valence-corrected chi connectivity index (χ0v) is 20.6. The number of para-hydroxylation sites is 1. The van der Waals surface area contributed by atoms with Crippen LogP contribution in [0.4, 0.5) is 5.69 Å². The molecular weight excluding hydrogens is 436 g/mol. The molecule has 2 atom stereocenters. The van der Waals surface area contributed by atoms with Gasteiger partial charge in [-0.2, -0.15) is 38.2 Å². The summed E-state index contributed by atoms with van der Waals surface area (Å²) in [4.78, 5) is 0. The standard InChI is InChI=1S/C22H25N2O.C6H11.Fe/c1-17-9-8-14-21(17)22(18-10-4-2-5-11-18)23-24(15-20-16-25-20)19-12-6-3-7-13-19;1-6-4-2-3-5-6;/h2-7,10-13,20-21H,8-9,14-16H2,1H3;2-5H2,1H3;/q2*-1;+2/b23-22-;;. The van der Waals surface area contributed by atoms with Gasteiger partial charge in [0.25, 0.3) is 0 Å². The fourth-order valence-electron chi connectivity index (χ4n) is 4.59. The molecule has 3 nitrogen and oxygen atoms in total. The average Bonchev–Trinajstić information content (AvgIpc) is 3.32. The largest absolute Gasteiger partial charge is 2.00 e. The van der Waals surface area contributed by atoms with Gasteiger partial charge in [-0.25, -0.2) is 0 Å². The quantitative estimate of drug-likeness (QED) is 0.151. The van der Waals surface area contributed by atoms with Crippen molar-refractivity contribution < 1.29 is 21.8 Å². The zero-order chi connectivity index (χ0) is 21.5. The third-order valence-electron chi connectivity index (χ3n) is 6.58. The van der Waals surface area contributed by atoms with Crippen molar-refractivity contribution >= 4 is 11.4 Å². The summed E-state index contributed by atoms with van der Waals surface area (Å²) in [5, 5.41) is 7.31. The number of hydrogen-bond donors (Lipinski definition) is 0. The van der Waals surface area contributed by atoms with Gasteiger partial charge < -0.3 is 16.6 Å². The van der Waals surface area contributed by atoms with E-state index in [0.29, 0.717) is 12.0 Å². The summed E-state index contributed by atoms with van der Waals surface area (Å²) >= 11 is 0. The van der Waals surface area contributed by atoms with Gasteiger partial charge in [0.05, 0.1) is 18.8 Å². The smallest absolute Gasteiger partial charge is 0.371 e. The van der Waals surface area contributed by atoms with Crippen LogP contribution in [0, 0.1) is 17.8 Å². The van der Waals surface area contributed by atoms with Gasteiger partial charge in [-0.3, -0.25) is 5.01 Å². The molecule has 1 heterocycles. The summed E-state index contributed by atoms with van der Waals surface area (Å²) in [6.07, 6.45) is 9.68. The molecule has 3 aliphatic rings. The molecule has 0 amide bonds. The Hall–Kier alpha value is -1.61. The van der Waals surface area contributed by atoms with Crippen LogP contribution < -0.4 is 5.01 Å². The molecule has 0 aromatic heterocycles. The van der Waals surface area contributed by atoms with Gasteiger partial charge in [-0.15, -0.1) is 5.92 Å². The first kappa shape index (κ1) is 25.0. The number of ether oxygens (including phenoxy) is 1. The van der Waals surface area contributed by atoms with E-state index in [1.165, 1.54) is 56.2 Å². The molecule has 2 aromatic carbocycles. The van der Waals surface area contributed by atoms with Gasteiger partial charge >= 0.3 is 17.1 Å². The molecule has 4 heteroatoms. The van der Waals surface area contributed by atoms with Crippen LogP contribution >= 0.6 is 0 Å². The minimum absolute atomic E-state index is 0. The molecule has 2 unspecified atom stereocenters. The molecule has 0 spiro atoms. The maximum absolute atomic E-state index is 5.48. The summed E-state index contributed by atoms with van der Waals surface area (Å²) < 4.78 is 5.48. The number of hydrazone groups is 1. The third kappa shape index (κ3) is 7.20. The van der Waals surface area contributed by atoms with Crippen molar-refractivity contribution in [2.75, 3.05) is 18.2 Å². The molecule has 0 radical (unpaired) electrons. The summed E-state index contributed by atoms with van der Waals surface area (Å²) in [5.41, 5.74) is 3.55. The van der Waals surface area contributed by atoms with Crippen molar-refractivity contribution in [2.24, 2.45) is 11.0 Å². The first-order chi connectivity index (χ1) is 15.2. The van der Waals surface area contributed by atoms with E-state index >= 15 is 0 Å². The Morgan fingerprint density at radius 3 is 2.06 bits per heavy atom. The molecule has 0 bridgehead atoms. The van der Waals surface area contributed by atoms with E-state index in [-0.39, 0.29) is 17.1 Å². The van der Waals surface area contributed by atoms with Crippen LogP contribution in [0.2, 0.25) is 0 Å². The molecule has 172 valence electrons. The van der Waals surface area contributed by atoms with Crippen LogP contribution in [-0.4, -0.2) is 25.0 Å². The van der Waals surface area contributed by atoms with Gasteiger partial charge in [0.1, 0.15) is 6.10 Å². The fraction of sp³-hybridized carbons (Fsp3) is 0.464. The van der Waals surface area contributed by atoms with Crippen LogP contribution in [0.5, 0.6) is 0 Å². The van der Waals surface area contributed by atoms with E-state index in [2.05, 4.69) is 73.5 Å². The van der Waals surface area contributed by atoms with E-state index in [4.69, 9.17) is 9.84 Å². The van der Waals surface area contributed by atoms with Gasteiger partial charge in [0.2, 0.25) is 0 Å². The van der Waals surface area contributed by atoms with Crippen molar-refractivity contribution in [1.29, 1.82) is 0 Å². The van der Waals surface area contributed by atoms with Crippen LogP contribution in [0.3, 0.4) is 0 Å². The summed E-state index contributed by atoms with van der Waals surface area (Å²) in [5.74, 6) is 3.71. The molecule has 0 N–H and O–H groups in total. The minimum Gasteiger partial charge on any atom is -0.371 e. The molecular formula is C28H36FeN2O. The Kier molecular flexibility index (Phi) is 9.84. The summed E-state index contributed by atoms with van der Waals surface area (Å²) in [7, 11) is 0. The van der Waals surface area contributed by atoms with Gasteiger partial charge in [0.15, 0.2) is 0 Å². The molecule has 2 saturated carbocycles. The average molecular weight is 472 g/mol. The zero-order valence-electron chi connectivity index (χ0n) is 19.4. The van der Waals surface area contributed by atoms with Crippen molar-refractivity contribution in [3.8, 4) is 0 Å². The number of rotatable bonds is 6. The Balaban J connectivity index is 0.000000360. The van der Waals surface area contributed by atoms with Crippen molar-refractivity contribution in [3.05, 3.63) is 78.1 Å². The van der Waals surface area contributed by atoms with E-state index in [1.54, 1.807) is 11.8 Å². The van der Waals surface area contributed by atoms with Crippen molar-refractivity contribution in [3.63, 3.8) is 0 Å². The first-order valence-electron chi connectivity index (χ1n) is 11.9. The molecule has 32 heavy (non-hydrogen) atoms. The normalized spacial score (nSPS) is 23.2. The van der Waals surface area contributed by atoms with E-state index in [0.717, 1.165) is 18.8 Å². The van der Waals surface area contributed by atoms with Crippen LogP contribution in [0.25, 0.3) is 0 Å². The van der Waals surface area contributed by atoms with Gasteiger partial charge in [-0.05, 0) is 17.7 Å². The molecule has 5 rings (SSSR count). The Labute approximate surface area is 205 Å². The van der Waals surface area contributed by atoms with Crippen LogP contribution in [-0.2, 0) is 21.8 Å². The molecule has 1 aliphatic heterocycles. The molecule has 2 aliphatic carbocycles. The van der Waals surface area contributed by atoms with Gasteiger partial charge in [0, 0.05) is 5.71 Å². The summed E-state index contributed by atoms with van der Waals surface area (Å²) in [6, 6.07) is 21.1. The monoisotopic (exact) mass is 472 g/mol. The maximum atomic E-state index is 5.48. The predicted molar refractivity (Wildman–Crippen MR) is 130 cm³/mol. The fourth-order valence-corrected chi connectivity index (χ4v) is 4.59. The Bertz CT molecular complexity index is 816. The van der Waals surface area contributed by atoms with Crippen LogP contribution in [0.1, 0.15) is 64.4 Å². The number of nitrogens with zero attached hydrogens (tertiary/aromatic N) is 2. The van der Waals surface area contributed by atoms with E-state index in [1.807, 2.05) is 6.07 Å². The topological polar surface area (TPSA) is 28.1 Å². The van der Waals surface area contributed by atoms with Crippen molar-refractivity contribution in [2.45, 2.75) is 64.9 Å². The van der Waals surface area contributed by atoms with E-state index < -0.39 is 0 Å². The molecule has 1 saturated heterocycles. The predicted octanol–water partition coefficient (Wildman–Crippen LogP) is 6.84. The minimum atomic E-state index is 0. The SMILES string of the molecule is C[C-]1CCCC1.C[C-]1CCCC1/C(=N\N(CC1CO1)c1ccccc1)c1ccccc1.[Fe+2]. The Morgan fingerprint density at radius 1 is 0.938 bits per heavy atom.